The van der Waals surface area contributed by atoms with Gasteiger partial charge in [0.25, 0.3) is 0 Å². The molecule has 0 bridgehead atoms. The molecule has 2 aliphatic rings. The molecule has 20 heavy (non-hydrogen) atoms. The van der Waals surface area contributed by atoms with Crippen LogP contribution in [0.3, 0.4) is 0 Å². The highest BCUT2D eigenvalue weighted by molar-refractivity contribution is 5.49. The zero-order chi connectivity index (χ0) is 14.1. The molecule has 0 N–H and O–H groups in total. The lowest BCUT2D eigenvalue weighted by molar-refractivity contribution is -0.0691. The highest BCUT2D eigenvalue weighted by Crippen LogP contribution is 2.25. The zero-order valence-electron chi connectivity index (χ0n) is 12.9. The highest BCUT2D eigenvalue weighted by Gasteiger charge is 2.32. The van der Waals surface area contributed by atoms with E-state index in [4.69, 9.17) is 4.74 Å². The van der Waals surface area contributed by atoms with E-state index in [9.17, 15) is 0 Å². The van der Waals surface area contributed by atoms with Crippen LogP contribution in [-0.4, -0.2) is 49.8 Å². The summed E-state index contributed by atoms with van der Waals surface area (Å²) >= 11 is 0. The van der Waals surface area contributed by atoms with Gasteiger partial charge < -0.3 is 9.64 Å². The molecule has 0 radical (unpaired) electrons. The molecule has 0 unspecified atom stereocenters. The van der Waals surface area contributed by atoms with Crippen molar-refractivity contribution in [3.05, 3.63) is 29.8 Å². The van der Waals surface area contributed by atoms with E-state index in [1.54, 1.807) is 0 Å². The number of hydrogen-bond donors (Lipinski definition) is 0. The lowest BCUT2D eigenvalue weighted by Crippen LogP contribution is -2.59. The Bertz CT molecular complexity index is 439. The summed E-state index contributed by atoms with van der Waals surface area (Å²) in [5.74, 6) is 0.608. The van der Waals surface area contributed by atoms with Gasteiger partial charge in [-0.2, -0.15) is 0 Å². The van der Waals surface area contributed by atoms with E-state index in [-0.39, 0.29) is 0 Å². The van der Waals surface area contributed by atoms with Gasteiger partial charge in [0.1, 0.15) is 0 Å². The summed E-state index contributed by atoms with van der Waals surface area (Å²) in [5.41, 5.74) is 2.79. The van der Waals surface area contributed by atoms with Crippen LogP contribution in [0.2, 0.25) is 0 Å². The summed E-state index contributed by atoms with van der Waals surface area (Å²) in [5, 5.41) is 0. The van der Waals surface area contributed by atoms with Gasteiger partial charge in [-0.3, -0.25) is 4.90 Å². The Morgan fingerprint density at radius 2 is 1.80 bits per heavy atom. The van der Waals surface area contributed by atoms with E-state index in [1.807, 2.05) is 0 Å². The number of anilines is 1. The second-order valence-electron chi connectivity index (χ2n) is 6.47. The average Bonchev–Trinajstić information content (AvgIpc) is 2.37. The topological polar surface area (TPSA) is 15.7 Å². The fourth-order valence-electron chi connectivity index (χ4n) is 3.19. The second-order valence-corrected chi connectivity index (χ2v) is 6.47. The van der Waals surface area contributed by atoms with Crippen LogP contribution in [0.25, 0.3) is 0 Å². The molecule has 2 saturated heterocycles. The predicted molar refractivity (Wildman–Crippen MR) is 83.5 cm³/mol. The number of benzene rings is 1. The van der Waals surface area contributed by atoms with E-state index in [0.29, 0.717) is 18.0 Å². The SMILES string of the molecule is CC(C)c1ccc(N2CCN(C3COC3)C[C@H]2C)cc1. The average molecular weight is 274 g/mol. The first-order valence-corrected chi connectivity index (χ1v) is 7.83. The molecule has 0 aliphatic carbocycles. The smallest absolute Gasteiger partial charge is 0.0645 e. The minimum Gasteiger partial charge on any atom is -0.378 e. The Morgan fingerprint density at radius 3 is 2.30 bits per heavy atom. The van der Waals surface area contributed by atoms with Crippen LogP contribution >= 0.6 is 0 Å². The Labute approximate surface area is 122 Å². The van der Waals surface area contributed by atoms with Gasteiger partial charge in [0, 0.05) is 31.4 Å². The van der Waals surface area contributed by atoms with Crippen LogP contribution in [0.1, 0.15) is 32.3 Å². The van der Waals surface area contributed by atoms with Gasteiger partial charge in [-0.1, -0.05) is 26.0 Å². The van der Waals surface area contributed by atoms with Crippen molar-refractivity contribution < 1.29 is 4.74 Å². The zero-order valence-corrected chi connectivity index (χ0v) is 12.9. The van der Waals surface area contributed by atoms with Crippen molar-refractivity contribution in [2.24, 2.45) is 0 Å². The first-order chi connectivity index (χ1) is 9.65. The Hall–Kier alpha value is -1.06. The van der Waals surface area contributed by atoms with Gasteiger partial charge in [-0.15, -0.1) is 0 Å². The van der Waals surface area contributed by atoms with Gasteiger partial charge >= 0.3 is 0 Å². The molecule has 3 rings (SSSR count). The summed E-state index contributed by atoms with van der Waals surface area (Å²) < 4.78 is 5.32. The van der Waals surface area contributed by atoms with Crippen LogP contribution in [-0.2, 0) is 4.74 Å². The lowest BCUT2D eigenvalue weighted by Gasteiger charge is -2.46. The summed E-state index contributed by atoms with van der Waals surface area (Å²) in [6, 6.07) is 10.4. The molecule has 3 heteroatoms. The standard InChI is InChI=1S/C17H26N2O/c1-13(2)15-4-6-16(7-5-15)19-9-8-18(10-14(19)3)17-11-20-12-17/h4-7,13-14,17H,8-12H2,1-3H3/t14-/m1/s1. The Balaban J connectivity index is 1.65. The fraction of sp³-hybridized carbons (Fsp3) is 0.647. The van der Waals surface area contributed by atoms with E-state index in [1.165, 1.54) is 11.3 Å². The quantitative estimate of drug-likeness (QED) is 0.843. The number of nitrogens with zero attached hydrogens (tertiary/aromatic N) is 2. The molecule has 0 saturated carbocycles. The van der Waals surface area contributed by atoms with E-state index in [2.05, 4.69) is 54.8 Å². The highest BCUT2D eigenvalue weighted by atomic mass is 16.5. The molecule has 2 heterocycles. The van der Waals surface area contributed by atoms with Gasteiger partial charge in [-0.25, -0.2) is 0 Å². The molecule has 1 aromatic rings. The summed E-state index contributed by atoms with van der Waals surface area (Å²) in [6.07, 6.45) is 0. The van der Waals surface area contributed by atoms with Crippen molar-refractivity contribution in [3.8, 4) is 0 Å². The molecule has 2 aliphatic heterocycles. The van der Waals surface area contributed by atoms with Crippen molar-refractivity contribution in [1.82, 2.24) is 4.90 Å². The van der Waals surface area contributed by atoms with Gasteiger partial charge in [0.15, 0.2) is 0 Å². The molecule has 0 spiro atoms. The number of ether oxygens (including phenoxy) is 1. The third-order valence-corrected chi connectivity index (χ3v) is 4.69. The maximum Gasteiger partial charge on any atom is 0.0645 e. The minimum absolute atomic E-state index is 0.578. The van der Waals surface area contributed by atoms with Gasteiger partial charge in [-0.05, 0) is 30.5 Å². The molecule has 0 amide bonds. The lowest BCUT2D eigenvalue weighted by atomic mass is 10.0. The maximum absolute atomic E-state index is 5.32. The first-order valence-electron chi connectivity index (χ1n) is 7.83. The normalized spacial score (nSPS) is 25.0. The molecule has 0 aromatic heterocycles. The predicted octanol–water partition coefficient (Wildman–Crippen LogP) is 2.72. The third kappa shape index (κ3) is 2.70. The van der Waals surface area contributed by atoms with Gasteiger partial charge in [0.2, 0.25) is 0 Å². The Morgan fingerprint density at radius 1 is 1.10 bits per heavy atom. The van der Waals surface area contributed by atoms with Crippen molar-refractivity contribution in [3.63, 3.8) is 0 Å². The van der Waals surface area contributed by atoms with Crippen molar-refractivity contribution >= 4 is 5.69 Å². The number of hydrogen-bond acceptors (Lipinski definition) is 3. The molecule has 1 aromatic carbocycles. The molecule has 1 atom stereocenters. The fourth-order valence-corrected chi connectivity index (χ4v) is 3.19. The Kier molecular flexibility index (Phi) is 3.99. The van der Waals surface area contributed by atoms with Crippen LogP contribution in [0.15, 0.2) is 24.3 Å². The molecule has 2 fully saturated rings. The molecule has 110 valence electrons. The second kappa shape index (κ2) is 5.74. The molecular formula is C17H26N2O. The van der Waals surface area contributed by atoms with E-state index in [0.717, 1.165) is 32.8 Å². The molecule has 3 nitrogen and oxygen atoms in total. The largest absolute Gasteiger partial charge is 0.378 e. The number of rotatable bonds is 3. The van der Waals surface area contributed by atoms with Crippen LogP contribution in [0, 0.1) is 0 Å². The van der Waals surface area contributed by atoms with Crippen LogP contribution in [0.5, 0.6) is 0 Å². The number of piperazine rings is 1. The van der Waals surface area contributed by atoms with E-state index < -0.39 is 0 Å². The first kappa shape index (κ1) is 13.9. The molecular weight excluding hydrogens is 248 g/mol. The third-order valence-electron chi connectivity index (χ3n) is 4.69. The van der Waals surface area contributed by atoms with Crippen molar-refractivity contribution in [2.45, 2.75) is 38.8 Å². The van der Waals surface area contributed by atoms with Crippen molar-refractivity contribution in [2.75, 3.05) is 37.7 Å². The maximum atomic E-state index is 5.32. The summed E-state index contributed by atoms with van der Waals surface area (Å²) in [6.45, 7) is 12.1. The summed E-state index contributed by atoms with van der Waals surface area (Å²) in [7, 11) is 0. The monoisotopic (exact) mass is 274 g/mol. The van der Waals surface area contributed by atoms with Crippen LogP contribution in [0.4, 0.5) is 5.69 Å². The van der Waals surface area contributed by atoms with Crippen molar-refractivity contribution in [1.29, 1.82) is 0 Å². The summed E-state index contributed by atoms with van der Waals surface area (Å²) in [4.78, 5) is 5.13. The van der Waals surface area contributed by atoms with Gasteiger partial charge in [0.05, 0.1) is 19.3 Å². The minimum atomic E-state index is 0.578. The van der Waals surface area contributed by atoms with E-state index >= 15 is 0 Å². The van der Waals surface area contributed by atoms with Crippen LogP contribution < -0.4 is 4.90 Å².